The molecule has 0 radical (unpaired) electrons. The summed E-state index contributed by atoms with van der Waals surface area (Å²) in [6.45, 7) is 6.21. The van der Waals surface area contributed by atoms with Gasteiger partial charge in [0.25, 0.3) is 0 Å². The van der Waals surface area contributed by atoms with Gasteiger partial charge >= 0.3 is 0 Å². The second kappa shape index (κ2) is 5.98. The monoisotopic (exact) mass is 183 g/mol. The van der Waals surface area contributed by atoms with Crippen molar-refractivity contribution in [2.75, 3.05) is 32.8 Å². The van der Waals surface area contributed by atoms with E-state index in [-0.39, 0.29) is 6.29 Å². The molecule has 0 unspecified atom stereocenters. The summed E-state index contributed by atoms with van der Waals surface area (Å²) in [4.78, 5) is 2.20. The van der Waals surface area contributed by atoms with Gasteiger partial charge in [0.2, 0.25) is 0 Å². The maximum Gasteiger partial charge on any atom is 0.159 e. The lowest BCUT2D eigenvalue weighted by Gasteiger charge is -2.18. The molecule has 3 nitrogen and oxygen atoms in total. The van der Waals surface area contributed by atoms with Gasteiger partial charge in [0, 0.05) is 13.0 Å². The van der Waals surface area contributed by atoms with Crippen LogP contribution in [0.5, 0.6) is 0 Å². The van der Waals surface area contributed by atoms with Gasteiger partial charge in [-0.25, -0.2) is 0 Å². The van der Waals surface area contributed by atoms with Crippen molar-refractivity contribution in [1.29, 1.82) is 0 Å². The topological polar surface area (TPSA) is 21.7 Å². The molecule has 0 saturated carbocycles. The predicted octanol–water partition coefficient (Wildman–Crippen LogP) is 0.704. The van der Waals surface area contributed by atoms with Crippen LogP contribution in [0, 0.1) is 12.3 Å². The molecule has 0 atom stereocenters. The van der Waals surface area contributed by atoms with Gasteiger partial charge in [0.1, 0.15) is 0 Å². The Balaban J connectivity index is 2.11. The molecule has 0 aromatic rings. The molecule has 1 aliphatic rings. The van der Waals surface area contributed by atoms with Crippen LogP contribution in [0.25, 0.3) is 0 Å². The number of ether oxygens (including phenoxy) is 2. The molecule has 13 heavy (non-hydrogen) atoms. The van der Waals surface area contributed by atoms with E-state index >= 15 is 0 Å². The summed E-state index contributed by atoms with van der Waals surface area (Å²) in [7, 11) is 0. The quantitative estimate of drug-likeness (QED) is 0.586. The molecule has 0 spiro atoms. The highest BCUT2D eigenvalue weighted by Crippen LogP contribution is 2.08. The Morgan fingerprint density at radius 3 is 2.69 bits per heavy atom. The zero-order chi connectivity index (χ0) is 9.52. The molecule has 0 aromatic carbocycles. The lowest BCUT2D eigenvalue weighted by Crippen LogP contribution is -2.27. The SMILES string of the molecule is C#CCN(CC)CCC1OCCO1. The number of terminal acetylenes is 1. The Kier molecular flexibility index (Phi) is 4.84. The molecule has 0 bridgehead atoms. The Hall–Kier alpha value is -0.560. The van der Waals surface area contributed by atoms with Crippen LogP contribution in [-0.4, -0.2) is 44.0 Å². The molecule has 74 valence electrons. The third kappa shape index (κ3) is 3.77. The smallest absolute Gasteiger partial charge is 0.159 e. The van der Waals surface area contributed by atoms with Crippen molar-refractivity contribution in [3.05, 3.63) is 0 Å². The Labute approximate surface area is 80.0 Å². The van der Waals surface area contributed by atoms with Crippen molar-refractivity contribution < 1.29 is 9.47 Å². The maximum atomic E-state index is 5.33. The number of hydrogen-bond donors (Lipinski definition) is 0. The summed E-state index contributed by atoms with van der Waals surface area (Å²) in [5.41, 5.74) is 0. The molecular formula is C10H17NO2. The van der Waals surface area contributed by atoms with Crippen molar-refractivity contribution in [2.24, 2.45) is 0 Å². The Morgan fingerprint density at radius 1 is 1.46 bits per heavy atom. The normalized spacial score (nSPS) is 17.9. The molecule has 1 rings (SSSR count). The van der Waals surface area contributed by atoms with Crippen LogP contribution in [0.1, 0.15) is 13.3 Å². The summed E-state index contributed by atoms with van der Waals surface area (Å²) in [5.74, 6) is 2.64. The number of rotatable bonds is 5. The first-order chi connectivity index (χ1) is 6.36. The molecule has 0 N–H and O–H groups in total. The van der Waals surface area contributed by atoms with E-state index in [4.69, 9.17) is 15.9 Å². The van der Waals surface area contributed by atoms with E-state index in [2.05, 4.69) is 17.7 Å². The predicted molar refractivity (Wildman–Crippen MR) is 51.3 cm³/mol. The largest absolute Gasteiger partial charge is 0.350 e. The van der Waals surface area contributed by atoms with Gasteiger partial charge in [0.05, 0.1) is 19.8 Å². The first kappa shape index (κ1) is 10.5. The minimum absolute atomic E-state index is 0.00757. The van der Waals surface area contributed by atoms with Gasteiger partial charge in [-0.05, 0) is 6.54 Å². The average molecular weight is 183 g/mol. The van der Waals surface area contributed by atoms with Crippen LogP contribution >= 0.6 is 0 Å². The molecular weight excluding hydrogens is 166 g/mol. The standard InChI is InChI=1S/C10H17NO2/c1-3-6-11(4-2)7-5-10-12-8-9-13-10/h1,10H,4-9H2,2H3. The van der Waals surface area contributed by atoms with Crippen LogP contribution in [0.2, 0.25) is 0 Å². The summed E-state index contributed by atoms with van der Waals surface area (Å²) in [6, 6.07) is 0. The van der Waals surface area contributed by atoms with E-state index in [0.717, 1.165) is 32.7 Å². The van der Waals surface area contributed by atoms with Gasteiger partial charge in [-0.15, -0.1) is 6.42 Å². The highest BCUT2D eigenvalue weighted by molar-refractivity contribution is 4.87. The number of hydrogen-bond acceptors (Lipinski definition) is 3. The molecule has 1 aliphatic heterocycles. The second-order valence-corrected chi connectivity index (χ2v) is 3.03. The first-order valence-electron chi connectivity index (χ1n) is 4.76. The zero-order valence-electron chi connectivity index (χ0n) is 8.16. The van der Waals surface area contributed by atoms with Crippen LogP contribution in [0.3, 0.4) is 0 Å². The fraction of sp³-hybridized carbons (Fsp3) is 0.800. The Morgan fingerprint density at radius 2 is 2.15 bits per heavy atom. The minimum Gasteiger partial charge on any atom is -0.350 e. The van der Waals surface area contributed by atoms with Gasteiger partial charge in [-0.3, -0.25) is 4.90 Å². The van der Waals surface area contributed by atoms with E-state index in [1.807, 2.05) is 0 Å². The van der Waals surface area contributed by atoms with Gasteiger partial charge in [-0.1, -0.05) is 12.8 Å². The van der Waals surface area contributed by atoms with Crippen LogP contribution < -0.4 is 0 Å². The van der Waals surface area contributed by atoms with E-state index in [1.165, 1.54) is 0 Å². The van der Waals surface area contributed by atoms with Gasteiger partial charge in [0.15, 0.2) is 6.29 Å². The fourth-order valence-electron chi connectivity index (χ4n) is 1.34. The van der Waals surface area contributed by atoms with Crippen LogP contribution in [0.15, 0.2) is 0 Å². The average Bonchev–Trinajstić information content (AvgIpc) is 2.64. The molecule has 1 saturated heterocycles. The third-order valence-electron chi connectivity index (χ3n) is 2.13. The Bertz CT molecular complexity index is 170. The summed E-state index contributed by atoms with van der Waals surface area (Å²) >= 11 is 0. The van der Waals surface area contributed by atoms with Crippen molar-refractivity contribution in [2.45, 2.75) is 19.6 Å². The van der Waals surface area contributed by atoms with Gasteiger partial charge < -0.3 is 9.47 Å². The fourth-order valence-corrected chi connectivity index (χ4v) is 1.34. The summed E-state index contributed by atoms with van der Waals surface area (Å²) < 4.78 is 10.7. The van der Waals surface area contributed by atoms with Gasteiger partial charge in [-0.2, -0.15) is 0 Å². The van der Waals surface area contributed by atoms with Crippen molar-refractivity contribution in [1.82, 2.24) is 4.90 Å². The summed E-state index contributed by atoms with van der Waals surface area (Å²) in [5, 5.41) is 0. The molecule has 0 amide bonds. The molecule has 1 heterocycles. The second-order valence-electron chi connectivity index (χ2n) is 3.03. The highest BCUT2D eigenvalue weighted by atomic mass is 16.7. The number of nitrogens with zero attached hydrogens (tertiary/aromatic N) is 1. The lowest BCUT2D eigenvalue weighted by molar-refractivity contribution is -0.0508. The molecule has 0 aromatic heterocycles. The highest BCUT2D eigenvalue weighted by Gasteiger charge is 2.16. The first-order valence-corrected chi connectivity index (χ1v) is 4.76. The van der Waals surface area contributed by atoms with Crippen LogP contribution in [-0.2, 0) is 9.47 Å². The van der Waals surface area contributed by atoms with Crippen molar-refractivity contribution >= 4 is 0 Å². The van der Waals surface area contributed by atoms with E-state index in [9.17, 15) is 0 Å². The molecule has 1 fully saturated rings. The van der Waals surface area contributed by atoms with E-state index in [1.54, 1.807) is 0 Å². The lowest BCUT2D eigenvalue weighted by atomic mass is 10.3. The van der Waals surface area contributed by atoms with Crippen LogP contribution in [0.4, 0.5) is 0 Å². The minimum atomic E-state index is -0.00757. The molecule has 3 heteroatoms. The van der Waals surface area contributed by atoms with Crippen molar-refractivity contribution in [3.63, 3.8) is 0 Å². The molecule has 0 aliphatic carbocycles. The van der Waals surface area contributed by atoms with E-state index < -0.39 is 0 Å². The third-order valence-corrected chi connectivity index (χ3v) is 2.13. The maximum absolute atomic E-state index is 5.33. The zero-order valence-corrected chi connectivity index (χ0v) is 8.16. The summed E-state index contributed by atoms with van der Waals surface area (Å²) in [6.07, 6.45) is 6.14. The van der Waals surface area contributed by atoms with E-state index in [0.29, 0.717) is 6.54 Å². The van der Waals surface area contributed by atoms with Crippen molar-refractivity contribution in [3.8, 4) is 12.3 Å².